The highest BCUT2D eigenvalue weighted by molar-refractivity contribution is 5.95. The molecule has 0 aromatic heterocycles. The summed E-state index contributed by atoms with van der Waals surface area (Å²) in [7, 11) is 1.65. The number of nitrogens with zero attached hydrogens (tertiary/aromatic N) is 2. The number of fused-ring (bicyclic) bond motifs is 1. The smallest absolute Gasteiger partial charge is 0.271 e. The summed E-state index contributed by atoms with van der Waals surface area (Å²) < 4.78 is 5.60. The van der Waals surface area contributed by atoms with Crippen LogP contribution in [0.1, 0.15) is 49.2 Å². The number of carbonyl (C=O) groups is 1. The largest absolute Gasteiger partial charge is 0.496 e. The van der Waals surface area contributed by atoms with Crippen molar-refractivity contribution in [3.05, 3.63) is 65.2 Å². The zero-order valence-electron chi connectivity index (χ0n) is 17.1. The van der Waals surface area contributed by atoms with Crippen LogP contribution in [0.3, 0.4) is 0 Å². The molecule has 0 fully saturated rings. The van der Waals surface area contributed by atoms with E-state index in [9.17, 15) is 4.79 Å². The minimum atomic E-state index is -0.247. The van der Waals surface area contributed by atoms with Crippen LogP contribution < -0.4 is 15.1 Å². The molecule has 1 aliphatic rings. The average molecular weight is 377 g/mol. The summed E-state index contributed by atoms with van der Waals surface area (Å²) in [5.41, 5.74) is 7.41. The van der Waals surface area contributed by atoms with Crippen molar-refractivity contribution in [3.63, 3.8) is 0 Å². The monoisotopic (exact) mass is 377 g/mol. The molecule has 5 heteroatoms. The summed E-state index contributed by atoms with van der Waals surface area (Å²) in [6.45, 7) is 9.60. The van der Waals surface area contributed by atoms with Crippen LogP contribution in [-0.4, -0.2) is 31.3 Å². The number of anilines is 1. The lowest BCUT2D eigenvalue weighted by atomic mass is 9.88. The zero-order chi connectivity index (χ0) is 20.3. The lowest BCUT2D eigenvalue weighted by molar-refractivity contribution is 0.0955. The van der Waals surface area contributed by atoms with Gasteiger partial charge in [0.2, 0.25) is 0 Å². The molecule has 1 heterocycles. The van der Waals surface area contributed by atoms with Gasteiger partial charge in [-0.1, -0.05) is 24.3 Å². The van der Waals surface area contributed by atoms with Crippen molar-refractivity contribution in [3.8, 4) is 5.75 Å². The minimum absolute atomic E-state index is 0.0594. The van der Waals surface area contributed by atoms with Gasteiger partial charge in [0.25, 0.3) is 5.91 Å². The van der Waals surface area contributed by atoms with E-state index in [2.05, 4.69) is 61.3 Å². The topological polar surface area (TPSA) is 53.9 Å². The third kappa shape index (κ3) is 3.79. The van der Waals surface area contributed by atoms with E-state index < -0.39 is 0 Å². The first kappa shape index (κ1) is 19.7. The molecule has 28 heavy (non-hydrogen) atoms. The van der Waals surface area contributed by atoms with Crippen LogP contribution in [0.15, 0.2) is 53.6 Å². The molecule has 1 N–H and O–H groups in total. The Hall–Kier alpha value is -3.08. The van der Waals surface area contributed by atoms with Crippen molar-refractivity contribution >= 4 is 23.4 Å². The van der Waals surface area contributed by atoms with Gasteiger partial charge in [-0.2, -0.15) is 5.10 Å². The minimum Gasteiger partial charge on any atom is -0.496 e. The first-order valence-electron chi connectivity index (χ1n) is 9.45. The molecule has 2 aromatic carbocycles. The number of nitrogens with one attached hydrogen (secondary N) is 1. The van der Waals surface area contributed by atoms with Gasteiger partial charge in [0.15, 0.2) is 0 Å². The second-order valence-corrected chi connectivity index (χ2v) is 7.40. The fourth-order valence-electron chi connectivity index (χ4n) is 3.79. The summed E-state index contributed by atoms with van der Waals surface area (Å²) in [5.74, 6) is 0.476. The maximum Gasteiger partial charge on any atom is 0.271 e. The molecule has 1 aliphatic heterocycles. The van der Waals surface area contributed by atoms with Crippen molar-refractivity contribution < 1.29 is 9.53 Å². The first-order chi connectivity index (χ1) is 13.4. The van der Waals surface area contributed by atoms with E-state index in [1.807, 2.05) is 18.2 Å². The Balaban J connectivity index is 1.91. The predicted molar refractivity (Wildman–Crippen MR) is 115 cm³/mol. The second kappa shape index (κ2) is 7.89. The van der Waals surface area contributed by atoms with Gasteiger partial charge in [0, 0.05) is 35.0 Å². The van der Waals surface area contributed by atoms with E-state index in [0.717, 1.165) is 29.1 Å². The molecule has 0 atom stereocenters. The van der Waals surface area contributed by atoms with Crippen molar-refractivity contribution in [1.82, 2.24) is 5.43 Å². The normalized spacial score (nSPS) is 15.2. The van der Waals surface area contributed by atoms with Crippen molar-refractivity contribution in [2.24, 2.45) is 5.10 Å². The van der Waals surface area contributed by atoms with Crippen LogP contribution in [0, 0.1) is 0 Å². The Morgan fingerprint density at radius 2 is 1.96 bits per heavy atom. The maximum absolute atomic E-state index is 12.2. The van der Waals surface area contributed by atoms with Crippen LogP contribution in [0.25, 0.3) is 5.57 Å². The van der Waals surface area contributed by atoms with Crippen LogP contribution in [0.2, 0.25) is 0 Å². The van der Waals surface area contributed by atoms with Crippen molar-refractivity contribution in [1.29, 1.82) is 0 Å². The Labute approximate surface area is 166 Å². The molecular weight excluding hydrogens is 350 g/mol. The quantitative estimate of drug-likeness (QED) is 0.617. The Morgan fingerprint density at radius 3 is 2.61 bits per heavy atom. The highest BCUT2D eigenvalue weighted by atomic mass is 16.5. The Kier molecular flexibility index (Phi) is 5.54. The van der Waals surface area contributed by atoms with Crippen LogP contribution in [0.5, 0.6) is 5.75 Å². The molecule has 0 radical (unpaired) electrons. The number of methoxy groups -OCH3 is 1. The van der Waals surface area contributed by atoms with Crippen LogP contribution in [-0.2, 0) is 0 Å². The van der Waals surface area contributed by atoms with Gasteiger partial charge in [0.05, 0.1) is 18.9 Å². The molecule has 0 unspecified atom stereocenters. The van der Waals surface area contributed by atoms with E-state index in [0.29, 0.717) is 5.56 Å². The van der Waals surface area contributed by atoms with E-state index in [1.54, 1.807) is 25.5 Å². The zero-order valence-corrected chi connectivity index (χ0v) is 17.1. The maximum atomic E-state index is 12.2. The lowest BCUT2D eigenvalue weighted by Crippen LogP contribution is -2.44. The number of ether oxygens (including phenoxy) is 1. The van der Waals surface area contributed by atoms with E-state index >= 15 is 0 Å². The molecule has 5 nitrogen and oxygen atoms in total. The number of allylic oxidation sites excluding steroid dienone is 1. The van der Waals surface area contributed by atoms with E-state index in [4.69, 9.17) is 4.74 Å². The number of benzene rings is 2. The summed E-state index contributed by atoms with van der Waals surface area (Å²) in [6, 6.07) is 13.1. The van der Waals surface area contributed by atoms with E-state index in [1.165, 1.54) is 5.57 Å². The fraction of sp³-hybridized carbons (Fsp3) is 0.304. The third-order valence-electron chi connectivity index (χ3n) is 5.05. The Bertz CT molecular complexity index is 930. The SMILES string of the molecule is CCN1c2cc(OC)c(/C=N\NC(=O)c3ccccc3)cc2C(C)=CC1(C)C. The van der Waals surface area contributed by atoms with Gasteiger partial charge >= 0.3 is 0 Å². The average Bonchev–Trinajstić information content (AvgIpc) is 2.68. The molecule has 1 amide bonds. The summed E-state index contributed by atoms with van der Waals surface area (Å²) in [4.78, 5) is 14.5. The highest BCUT2D eigenvalue weighted by Gasteiger charge is 2.31. The third-order valence-corrected chi connectivity index (χ3v) is 5.05. The van der Waals surface area contributed by atoms with Gasteiger partial charge in [-0.3, -0.25) is 4.79 Å². The molecule has 0 bridgehead atoms. The summed E-state index contributed by atoms with van der Waals surface area (Å²) in [5, 5.41) is 4.13. The molecule has 146 valence electrons. The van der Waals surface area contributed by atoms with Gasteiger partial charge < -0.3 is 9.64 Å². The number of rotatable bonds is 5. The number of carbonyl (C=O) groups excluding carboxylic acids is 1. The molecule has 0 saturated heterocycles. The highest BCUT2D eigenvalue weighted by Crippen LogP contribution is 2.41. The standard InChI is InChI=1S/C23H27N3O2/c1-6-26-20-13-21(28-5)18(12-19(20)16(2)14-23(26,3)4)15-24-25-22(27)17-10-8-7-9-11-17/h7-15H,6H2,1-5H3,(H,25,27)/b24-15-. The molecule has 0 aliphatic carbocycles. The van der Waals surface area contributed by atoms with Crippen LogP contribution >= 0.6 is 0 Å². The van der Waals surface area contributed by atoms with Crippen molar-refractivity contribution in [2.75, 3.05) is 18.6 Å². The lowest BCUT2D eigenvalue weighted by Gasteiger charge is -2.43. The molecule has 3 rings (SSSR count). The molecule has 2 aromatic rings. The summed E-state index contributed by atoms with van der Waals surface area (Å²) in [6.07, 6.45) is 3.91. The van der Waals surface area contributed by atoms with Gasteiger partial charge in [-0.25, -0.2) is 5.43 Å². The van der Waals surface area contributed by atoms with Gasteiger partial charge in [0.1, 0.15) is 5.75 Å². The van der Waals surface area contributed by atoms with Crippen LogP contribution in [0.4, 0.5) is 5.69 Å². The summed E-state index contributed by atoms with van der Waals surface area (Å²) >= 11 is 0. The van der Waals surface area contributed by atoms with E-state index in [-0.39, 0.29) is 11.4 Å². The van der Waals surface area contributed by atoms with Gasteiger partial charge in [-0.05, 0) is 51.5 Å². The second-order valence-electron chi connectivity index (χ2n) is 7.40. The number of hydrogen-bond acceptors (Lipinski definition) is 4. The number of hydrazone groups is 1. The number of hydrogen-bond donors (Lipinski definition) is 1. The number of likely N-dealkylation sites (N-methyl/N-ethyl adjacent to an activating group) is 1. The molecule has 0 saturated carbocycles. The predicted octanol–water partition coefficient (Wildman–Crippen LogP) is 4.48. The van der Waals surface area contributed by atoms with Crippen molar-refractivity contribution in [2.45, 2.75) is 33.2 Å². The fourth-order valence-corrected chi connectivity index (χ4v) is 3.79. The van der Waals surface area contributed by atoms with Gasteiger partial charge in [-0.15, -0.1) is 0 Å². The first-order valence-corrected chi connectivity index (χ1v) is 9.45. The molecular formula is C23H27N3O2. The Morgan fingerprint density at radius 1 is 1.25 bits per heavy atom. The number of amides is 1. The molecule has 0 spiro atoms.